The highest BCUT2D eigenvalue weighted by Crippen LogP contribution is 2.13. The maximum absolute atomic E-state index is 11.6. The zero-order valence-electron chi connectivity index (χ0n) is 11.4. The first-order valence-electron chi connectivity index (χ1n) is 6.10. The van der Waals surface area contributed by atoms with E-state index in [1.165, 1.54) is 14.1 Å². The molecule has 0 bridgehead atoms. The summed E-state index contributed by atoms with van der Waals surface area (Å²) < 4.78 is 28.7. The Morgan fingerprint density at radius 3 is 2.70 bits per heavy atom. The number of pyridine rings is 1. The van der Waals surface area contributed by atoms with E-state index in [1.54, 1.807) is 18.6 Å². The van der Waals surface area contributed by atoms with Gasteiger partial charge in [0.1, 0.15) is 5.69 Å². The van der Waals surface area contributed by atoms with Crippen LogP contribution in [0.1, 0.15) is 0 Å². The SMILES string of the molecule is CN(C)S(=O)(=O)NCCn1ccnc1-c1ccccn1. The van der Waals surface area contributed by atoms with E-state index in [4.69, 9.17) is 0 Å². The second kappa shape index (κ2) is 6.12. The summed E-state index contributed by atoms with van der Waals surface area (Å²) in [5.41, 5.74) is 0.757. The molecule has 8 heteroatoms. The van der Waals surface area contributed by atoms with Crippen LogP contribution < -0.4 is 4.72 Å². The molecule has 20 heavy (non-hydrogen) atoms. The van der Waals surface area contributed by atoms with Crippen molar-refractivity contribution in [1.82, 2.24) is 23.6 Å². The molecule has 2 rings (SSSR count). The van der Waals surface area contributed by atoms with Crippen molar-refractivity contribution in [3.8, 4) is 11.5 Å². The summed E-state index contributed by atoms with van der Waals surface area (Å²) in [4.78, 5) is 8.49. The number of rotatable bonds is 6. The topological polar surface area (TPSA) is 80.1 Å². The second-order valence-corrected chi connectivity index (χ2v) is 6.31. The molecule has 0 unspecified atom stereocenters. The summed E-state index contributed by atoms with van der Waals surface area (Å²) in [5.74, 6) is 0.717. The summed E-state index contributed by atoms with van der Waals surface area (Å²) in [6, 6.07) is 5.58. The highest BCUT2D eigenvalue weighted by Gasteiger charge is 2.12. The van der Waals surface area contributed by atoms with Gasteiger partial charge in [-0.25, -0.2) is 9.71 Å². The van der Waals surface area contributed by atoms with E-state index in [2.05, 4.69) is 14.7 Å². The van der Waals surface area contributed by atoms with Crippen molar-refractivity contribution in [2.45, 2.75) is 6.54 Å². The zero-order chi connectivity index (χ0) is 14.6. The molecule has 0 spiro atoms. The smallest absolute Gasteiger partial charge is 0.278 e. The van der Waals surface area contributed by atoms with Crippen LogP contribution in [0.3, 0.4) is 0 Å². The number of nitrogens with one attached hydrogen (secondary N) is 1. The summed E-state index contributed by atoms with van der Waals surface area (Å²) in [7, 11) is -0.425. The van der Waals surface area contributed by atoms with Crippen molar-refractivity contribution in [3.63, 3.8) is 0 Å². The maximum Gasteiger partial charge on any atom is 0.278 e. The summed E-state index contributed by atoms with van der Waals surface area (Å²) in [5, 5.41) is 0. The van der Waals surface area contributed by atoms with Gasteiger partial charge in [0.05, 0.1) is 0 Å². The Morgan fingerprint density at radius 2 is 2.05 bits per heavy atom. The lowest BCUT2D eigenvalue weighted by Crippen LogP contribution is -2.37. The van der Waals surface area contributed by atoms with E-state index in [1.807, 2.05) is 22.8 Å². The van der Waals surface area contributed by atoms with Crippen LogP contribution in [0.2, 0.25) is 0 Å². The van der Waals surface area contributed by atoms with Gasteiger partial charge < -0.3 is 4.57 Å². The molecule has 0 fully saturated rings. The van der Waals surface area contributed by atoms with Crippen LogP contribution in [0.25, 0.3) is 11.5 Å². The van der Waals surface area contributed by atoms with E-state index in [-0.39, 0.29) is 6.54 Å². The summed E-state index contributed by atoms with van der Waals surface area (Å²) in [6.45, 7) is 0.773. The highest BCUT2D eigenvalue weighted by molar-refractivity contribution is 7.87. The molecular formula is C12H17N5O2S. The van der Waals surface area contributed by atoms with Gasteiger partial charge in [-0.05, 0) is 12.1 Å². The number of imidazole rings is 1. The molecule has 0 saturated carbocycles. The minimum atomic E-state index is -3.39. The third kappa shape index (κ3) is 3.41. The minimum absolute atomic E-state index is 0.288. The Labute approximate surface area is 118 Å². The lowest BCUT2D eigenvalue weighted by molar-refractivity contribution is 0.501. The first-order chi connectivity index (χ1) is 9.50. The molecule has 7 nitrogen and oxygen atoms in total. The van der Waals surface area contributed by atoms with Crippen molar-refractivity contribution < 1.29 is 8.42 Å². The van der Waals surface area contributed by atoms with Gasteiger partial charge >= 0.3 is 0 Å². The molecule has 0 radical (unpaired) electrons. The molecule has 2 aromatic heterocycles. The van der Waals surface area contributed by atoms with Gasteiger partial charge in [0, 0.05) is 45.8 Å². The molecule has 108 valence electrons. The molecule has 0 saturated heterocycles. The minimum Gasteiger partial charge on any atom is -0.328 e. The van der Waals surface area contributed by atoms with Crippen LogP contribution in [0.15, 0.2) is 36.8 Å². The number of hydrogen-bond acceptors (Lipinski definition) is 4. The van der Waals surface area contributed by atoms with Crippen molar-refractivity contribution >= 4 is 10.2 Å². The maximum atomic E-state index is 11.6. The quantitative estimate of drug-likeness (QED) is 0.833. The van der Waals surface area contributed by atoms with Gasteiger partial charge in [0.15, 0.2) is 5.82 Å². The van der Waals surface area contributed by atoms with Crippen molar-refractivity contribution in [2.75, 3.05) is 20.6 Å². The molecule has 0 aromatic carbocycles. The van der Waals surface area contributed by atoms with E-state index >= 15 is 0 Å². The summed E-state index contributed by atoms with van der Waals surface area (Å²) >= 11 is 0. The fourth-order valence-electron chi connectivity index (χ4n) is 1.64. The molecule has 0 atom stereocenters. The normalized spacial score (nSPS) is 11.9. The highest BCUT2D eigenvalue weighted by atomic mass is 32.2. The van der Waals surface area contributed by atoms with Crippen molar-refractivity contribution in [2.24, 2.45) is 0 Å². The number of aromatic nitrogens is 3. The monoisotopic (exact) mass is 295 g/mol. The van der Waals surface area contributed by atoms with Crippen molar-refractivity contribution in [1.29, 1.82) is 0 Å². The predicted octanol–water partition coefficient (Wildman–Crippen LogP) is 0.341. The molecule has 1 N–H and O–H groups in total. The first kappa shape index (κ1) is 14.6. The standard InChI is InChI=1S/C12H17N5O2S/c1-16(2)20(18,19)15-8-10-17-9-7-14-12(17)11-5-3-4-6-13-11/h3-7,9,15H,8,10H2,1-2H3. The molecule has 2 aromatic rings. The molecule has 0 aliphatic heterocycles. The molecule has 0 aliphatic rings. The van der Waals surface area contributed by atoms with Gasteiger partial charge in [-0.1, -0.05) is 6.07 Å². The lowest BCUT2D eigenvalue weighted by Gasteiger charge is -2.13. The first-order valence-corrected chi connectivity index (χ1v) is 7.54. The lowest BCUT2D eigenvalue weighted by atomic mass is 10.3. The van der Waals surface area contributed by atoms with Crippen LogP contribution in [0, 0.1) is 0 Å². The Bertz CT molecular complexity index is 651. The predicted molar refractivity (Wildman–Crippen MR) is 76.1 cm³/mol. The van der Waals surface area contributed by atoms with Gasteiger partial charge in [-0.3, -0.25) is 4.98 Å². The van der Waals surface area contributed by atoms with Gasteiger partial charge in [0.2, 0.25) is 0 Å². The Morgan fingerprint density at radius 1 is 1.25 bits per heavy atom. The fraction of sp³-hybridized carbons (Fsp3) is 0.333. The van der Waals surface area contributed by atoms with Crippen LogP contribution in [-0.4, -0.2) is 47.9 Å². The average Bonchev–Trinajstić information content (AvgIpc) is 2.88. The third-order valence-electron chi connectivity index (χ3n) is 2.73. The van der Waals surface area contributed by atoms with Crippen LogP contribution >= 0.6 is 0 Å². The van der Waals surface area contributed by atoms with Crippen LogP contribution in [0.4, 0.5) is 0 Å². The Kier molecular flexibility index (Phi) is 4.48. The van der Waals surface area contributed by atoms with Crippen LogP contribution in [-0.2, 0) is 16.8 Å². The summed E-state index contributed by atoms with van der Waals surface area (Å²) in [6.07, 6.45) is 5.17. The van der Waals surface area contributed by atoms with Crippen molar-refractivity contribution in [3.05, 3.63) is 36.8 Å². The number of hydrogen-bond donors (Lipinski definition) is 1. The average molecular weight is 295 g/mol. The van der Waals surface area contributed by atoms with Gasteiger partial charge in [-0.2, -0.15) is 12.7 Å². The molecule has 2 heterocycles. The van der Waals surface area contributed by atoms with E-state index < -0.39 is 10.2 Å². The largest absolute Gasteiger partial charge is 0.328 e. The molecule has 0 amide bonds. The van der Waals surface area contributed by atoms with E-state index in [0.29, 0.717) is 6.54 Å². The van der Waals surface area contributed by atoms with Gasteiger partial charge in [0.25, 0.3) is 10.2 Å². The third-order valence-corrected chi connectivity index (χ3v) is 4.26. The van der Waals surface area contributed by atoms with Crippen LogP contribution in [0.5, 0.6) is 0 Å². The second-order valence-electron chi connectivity index (χ2n) is 4.34. The van der Waals surface area contributed by atoms with E-state index in [0.717, 1.165) is 15.8 Å². The molecular weight excluding hydrogens is 278 g/mol. The number of nitrogens with zero attached hydrogens (tertiary/aromatic N) is 4. The Balaban J connectivity index is 2.04. The van der Waals surface area contributed by atoms with Gasteiger partial charge in [-0.15, -0.1) is 0 Å². The fourth-order valence-corrected chi connectivity index (χ4v) is 2.25. The molecule has 0 aliphatic carbocycles. The zero-order valence-corrected chi connectivity index (χ0v) is 12.2. The van der Waals surface area contributed by atoms with E-state index in [9.17, 15) is 8.42 Å². The Hall–Kier alpha value is -1.77.